The fraction of sp³-hybridized carbons (Fsp3) is 0.750. The van der Waals surface area contributed by atoms with E-state index in [1.165, 1.54) is 36.1 Å². The molecule has 2 fully saturated rings. The van der Waals surface area contributed by atoms with Crippen molar-refractivity contribution in [2.45, 2.75) is 56.0 Å². The fourth-order valence-electron chi connectivity index (χ4n) is 3.58. The topological polar surface area (TPSA) is 84.3 Å². The normalized spacial score (nSPS) is 21.7. The summed E-state index contributed by atoms with van der Waals surface area (Å²) in [5.74, 6) is 0.0129. The average molecular weight is 354 g/mol. The Balaban J connectivity index is 1.54. The molecule has 1 N–H and O–H groups in total. The lowest BCUT2D eigenvalue weighted by Crippen LogP contribution is -2.45. The van der Waals surface area contributed by atoms with Gasteiger partial charge < -0.3 is 9.88 Å². The Morgan fingerprint density at radius 1 is 1.17 bits per heavy atom. The highest BCUT2D eigenvalue weighted by Crippen LogP contribution is 2.24. The van der Waals surface area contributed by atoms with Gasteiger partial charge in [0.25, 0.3) is 10.0 Å². The molecule has 7 nitrogen and oxygen atoms in total. The summed E-state index contributed by atoms with van der Waals surface area (Å²) in [4.78, 5) is 16.3. The lowest BCUT2D eigenvalue weighted by molar-refractivity contribution is -0.127. The maximum atomic E-state index is 12.5. The monoisotopic (exact) mass is 354 g/mol. The van der Waals surface area contributed by atoms with Crippen molar-refractivity contribution in [3.05, 3.63) is 12.5 Å². The van der Waals surface area contributed by atoms with Crippen LogP contribution in [0.5, 0.6) is 0 Å². The van der Waals surface area contributed by atoms with Gasteiger partial charge in [0.2, 0.25) is 5.91 Å². The Kier molecular flexibility index (Phi) is 5.24. The minimum absolute atomic E-state index is 0.0788. The third kappa shape index (κ3) is 3.80. The number of carbonyl (C=O) groups is 1. The van der Waals surface area contributed by atoms with Gasteiger partial charge in [-0.1, -0.05) is 19.3 Å². The summed E-state index contributed by atoms with van der Waals surface area (Å²) < 4.78 is 28.2. The van der Waals surface area contributed by atoms with Crippen molar-refractivity contribution < 1.29 is 13.2 Å². The van der Waals surface area contributed by atoms with E-state index in [-0.39, 0.29) is 16.9 Å². The van der Waals surface area contributed by atoms with E-state index in [9.17, 15) is 13.2 Å². The summed E-state index contributed by atoms with van der Waals surface area (Å²) in [5.41, 5.74) is 0. The molecule has 0 atom stereocenters. The van der Waals surface area contributed by atoms with Crippen LogP contribution in [0.25, 0.3) is 0 Å². The molecule has 2 heterocycles. The summed E-state index contributed by atoms with van der Waals surface area (Å²) >= 11 is 0. The molecule has 8 heteroatoms. The fourth-order valence-corrected chi connectivity index (χ4v) is 5.01. The van der Waals surface area contributed by atoms with Crippen LogP contribution in [0.2, 0.25) is 0 Å². The number of carbonyl (C=O) groups excluding carboxylic acids is 1. The molecule has 1 amide bonds. The molecule has 0 aromatic carbocycles. The molecule has 24 heavy (non-hydrogen) atoms. The van der Waals surface area contributed by atoms with Crippen LogP contribution in [-0.2, 0) is 21.9 Å². The summed E-state index contributed by atoms with van der Waals surface area (Å²) in [5, 5.41) is 3.23. The molecule has 1 aromatic heterocycles. The summed E-state index contributed by atoms with van der Waals surface area (Å²) in [6, 6.07) is 0.307. The van der Waals surface area contributed by atoms with Gasteiger partial charge in [-0.05, 0) is 25.7 Å². The number of nitrogens with zero attached hydrogens (tertiary/aromatic N) is 3. The summed E-state index contributed by atoms with van der Waals surface area (Å²) in [7, 11) is -1.80. The Morgan fingerprint density at radius 2 is 1.83 bits per heavy atom. The van der Waals surface area contributed by atoms with E-state index in [2.05, 4.69) is 10.3 Å². The van der Waals surface area contributed by atoms with Crippen molar-refractivity contribution in [1.82, 2.24) is 19.2 Å². The number of imidazole rings is 1. The maximum Gasteiger partial charge on any atom is 0.262 e. The predicted molar refractivity (Wildman–Crippen MR) is 89.7 cm³/mol. The molecule has 1 saturated heterocycles. The number of amides is 1. The average Bonchev–Trinajstić information content (AvgIpc) is 3.03. The number of piperidine rings is 1. The molecule has 134 valence electrons. The minimum atomic E-state index is -3.55. The second-order valence-electron chi connectivity index (χ2n) is 6.90. The molecule has 1 aliphatic carbocycles. The molecule has 0 unspecified atom stereocenters. The standard InChI is InChI=1S/C16H26N4O3S/c1-19-11-15(17-12-19)24(22,23)20-9-7-13(8-10-20)16(21)18-14-5-3-2-4-6-14/h11-14H,2-10H2,1H3,(H,18,21). The van der Waals surface area contributed by atoms with E-state index < -0.39 is 10.0 Å². The molecule has 1 aromatic rings. The van der Waals surface area contributed by atoms with Gasteiger partial charge in [0.05, 0.1) is 6.33 Å². The van der Waals surface area contributed by atoms with E-state index in [0.717, 1.165) is 12.8 Å². The quantitative estimate of drug-likeness (QED) is 0.882. The third-order valence-electron chi connectivity index (χ3n) is 5.06. The lowest BCUT2D eigenvalue weighted by Gasteiger charge is -2.31. The van der Waals surface area contributed by atoms with Gasteiger partial charge in [-0.25, -0.2) is 13.4 Å². The van der Waals surface area contributed by atoms with Crippen LogP contribution in [0.15, 0.2) is 17.6 Å². The molecular formula is C16H26N4O3S. The van der Waals surface area contributed by atoms with Crippen LogP contribution >= 0.6 is 0 Å². The Labute approximate surface area is 143 Å². The first-order valence-corrected chi connectivity index (χ1v) is 10.2. The predicted octanol–water partition coefficient (Wildman–Crippen LogP) is 1.27. The van der Waals surface area contributed by atoms with Gasteiger partial charge in [0, 0.05) is 38.3 Å². The molecule has 1 aliphatic heterocycles. The number of hydrogen-bond acceptors (Lipinski definition) is 4. The van der Waals surface area contributed by atoms with Gasteiger partial charge in [0.15, 0.2) is 5.03 Å². The van der Waals surface area contributed by atoms with Gasteiger partial charge in [0.1, 0.15) is 0 Å². The zero-order valence-corrected chi connectivity index (χ0v) is 15.0. The molecule has 0 radical (unpaired) electrons. The molecule has 0 spiro atoms. The zero-order valence-electron chi connectivity index (χ0n) is 14.1. The number of rotatable bonds is 4. The summed E-state index contributed by atoms with van der Waals surface area (Å²) in [6.45, 7) is 0.753. The maximum absolute atomic E-state index is 12.5. The number of nitrogens with one attached hydrogen (secondary N) is 1. The van der Waals surface area contributed by atoms with E-state index in [0.29, 0.717) is 32.0 Å². The Hall–Kier alpha value is -1.41. The molecule has 0 bridgehead atoms. The largest absolute Gasteiger partial charge is 0.353 e. The van der Waals surface area contributed by atoms with E-state index in [1.807, 2.05) is 0 Å². The number of hydrogen-bond donors (Lipinski definition) is 1. The number of aryl methyl sites for hydroxylation is 1. The van der Waals surface area contributed by atoms with Crippen LogP contribution in [0, 0.1) is 5.92 Å². The first kappa shape index (κ1) is 17.4. The molecule has 2 aliphatic rings. The van der Waals surface area contributed by atoms with Crippen molar-refractivity contribution >= 4 is 15.9 Å². The van der Waals surface area contributed by atoms with Crippen molar-refractivity contribution in [2.24, 2.45) is 13.0 Å². The second kappa shape index (κ2) is 7.23. The van der Waals surface area contributed by atoms with Crippen molar-refractivity contribution in [2.75, 3.05) is 13.1 Å². The number of sulfonamides is 1. The highest BCUT2D eigenvalue weighted by Gasteiger charge is 2.33. The van der Waals surface area contributed by atoms with Crippen LogP contribution < -0.4 is 5.32 Å². The van der Waals surface area contributed by atoms with Gasteiger partial charge in [-0.15, -0.1) is 0 Å². The lowest BCUT2D eigenvalue weighted by atomic mass is 9.93. The van der Waals surface area contributed by atoms with E-state index in [4.69, 9.17) is 0 Å². The van der Waals surface area contributed by atoms with Crippen molar-refractivity contribution in [1.29, 1.82) is 0 Å². The first-order valence-electron chi connectivity index (χ1n) is 8.75. The first-order chi connectivity index (χ1) is 11.5. The zero-order chi connectivity index (χ0) is 17.2. The van der Waals surface area contributed by atoms with Crippen LogP contribution in [0.1, 0.15) is 44.9 Å². The molecular weight excluding hydrogens is 328 g/mol. The highest BCUT2D eigenvalue weighted by molar-refractivity contribution is 7.89. The van der Waals surface area contributed by atoms with Gasteiger partial charge in [-0.2, -0.15) is 4.31 Å². The van der Waals surface area contributed by atoms with E-state index in [1.54, 1.807) is 11.6 Å². The van der Waals surface area contributed by atoms with E-state index >= 15 is 0 Å². The second-order valence-corrected chi connectivity index (χ2v) is 8.78. The Bertz CT molecular complexity index is 671. The van der Waals surface area contributed by atoms with Crippen LogP contribution in [-0.4, -0.2) is 47.3 Å². The third-order valence-corrected chi connectivity index (χ3v) is 6.85. The highest BCUT2D eigenvalue weighted by atomic mass is 32.2. The minimum Gasteiger partial charge on any atom is -0.353 e. The van der Waals surface area contributed by atoms with Crippen LogP contribution in [0.3, 0.4) is 0 Å². The Morgan fingerprint density at radius 3 is 2.42 bits per heavy atom. The van der Waals surface area contributed by atoms with Crippen molar-refractivity contribution in [3.8, 4) is 0 Å². The number of aromatic nitrogens is 2. The van der Waals surface area contributed by atoms with Gasteiger partial charge >= 0.3 is 0 Å². The smallest absolute Gasteiger partial charge is 0.262 e. The molecule has 3 rings (SSSR count). The van der Waals surface area contributed by atoms with Crippen molar-refractivity contribution in [3.63, 3.8) is 0 Å². The molecule has 1 saturated carbocycles. The summed E-state index contributed by atoms with van der Waals surface area (Å²) in [6.07, 6.45) is 9.91. The van der Waals surface area contributed by atoms with Crippen LogP contribution in [0.4, 0.5) is 0 Å². The SMILES string of the molecule is Cn1cnc(S(=O)(=O)N2CCC(C(=O)NC3CCCCC3)CC2)c1. The van der Waals surface area contributed by atoms with Gasteiger partial charge in [-0.3, -0.25) is 4.79 Å².